The van der Waals surface area contributed by atoms with Crippen LogP contribution in [0.5, 0.6) is 17.2 Å². The zero-order chi connectivity index (χ0) is 14.0. The van der Waals surface area contributed by atoms with Crippen molar-refractivity contribution in [3.63, 3.8) is 0 Å². The molecule has 0 heterocycles. The molecule has 2 aromatic carbocycles. The quantitative estimate of drug-likeness (QED) is 0.788. The van der Waals surface area contributed by atoms with E-state index in [-0.39, 0.29) is 17.2 Å². The number of rotatable bonds is 3. The highest BCUT2D eigenvalue weighted by Gasteiger charge is 2.13. The zero-order valence-corrected chi connectivity index (χ0v) is 11.1. The molecule has 0 aliphatic rings. The SMILES string of the molecule is CCc1ccc(-c2cc(O)cc(O)c2)c(O)c1CC. The predicted molar refractivity (Wildman–Crippen MR) is 75.6 cm³/mol. The van der Waals surface area contributed by atoms with Gasteiger partial charge in [-0.1, -0.05) is 26.0 Å². The summed E-state index contributed by atoms with van der Waals surface area (Å²) in [5.74, 6) is 0.186. The lowest BCUT2D eigenvalue weighted by atomic mass is 9.94. The third-order valence-electron chi connectivity index (χ3n) is 3.33. The van der Waals surface area contributed by atoms with Gasteiger partial charge < -0.3 is 15.3 Å². The first kappa shape index (κ1) is 13.3. The van der Waals surface area contributed by atoms with Gasteiger partial charge in [0.05, 0.1) is 0 Å². The van der Waals surface area contributed by atoms with E-state index >= 15 is 0 Å². The Morgan fingerprint density at radius 2 is 1.47 bits per heavy atom. The number of hydrogen-bond acceptors (Lipinski definition) is 3. The van der Waals surface area contributed by atoms with E-state index < -0.39 is 0 Å². The van der Waals surface area contributed by atoms with Gasteiger partial charge in [0.1, 0.15) is 17.2 Å². The number of aryl methyl sites for hydroxylation is 1. The molecule has 19 heavy (non-hydrogen) atoms. The van der Waals surface area contributed by atoms with Gasteiger partial charge >= 0.3 is 0 Å². The first-order valence-corrected chi connectivity index (χ1v) is 6.43. The summed E-state index contributed by atoms with van der Waals surface area (Å²) in [4.78, 5) is 0. The molecule has 2 aromatic rings. The summed E-state index contributed by atoms with van der Waals surface area (Å²) in [6, 6.07) is 8.12. The second kappa shape index (κ2) is 5.22. The van der Waals surface area contributed by atoms with Gasteiger partial charge in [0.15, 0.2) is 0 Å². The van der Waals surface area contributed by atoms with Crippen molar-refractivity contribution in [2.24, 2.45) is 0 Å². The summed E-state index contributed by atoms with van der Waals surface area (Å²) in [5, 5.41) is 29.4. The summed E-state index contributed by atoms with van der Waals surface area (Å²) >= 11 is 0. The lowest BCUT2D eigenvalue weighted by Crippen LogP contribution is -1.93. The van der Waals surface area contributed by atoms with E-state index in [9.17, 15) is 15.3 Å². The Labute approximate surface area is 112 Å². The van der Waals surface area contributed by atoms with Gasteiger partial charge in [-0.25, -0.2) is 0 Å². The first-order valence-electron chi connectivity index (χ1n) is 6.43. The van der Waals surface area contributed by atoms with Crippen molar-refractivity contribution in [3.05, 3.63) is 41.5 Å². The molecule has 0 spiro atoms. The van der Waals surface area contributed by atoms with Crippen LogP contribution in [0.2, 0.25) is 0 Å². The Morgan fingerprint density at radius 3 is 2.00 bits per heavy atom. The fourth-order valence-corrected chi connectivity index (χ4v) is 2.39. The maximum absolute atomic E-state index is 10.4. The van der Waals surface area contributed by atoms with Crippen LogP contribution in [-0.4, -0.2) is 15.3 Å². The van der Waals surface area contributed by atoms with Gasteiger partial charge in [-0.15, -0.1) is 0 Å². The fourth-order valence-electron chi connectivity index (χ4n) is 2.39. The molecule has 100 valence electrons. The summed E-state index contributed by atoms with van der Waals surface area (Å²) in [7, 11) is 0. The summed E-state index contributed by atoms with van der Waals surface area (Å²) in [6.07, 6.45) is 1.61. The van der Waals surface area contributed by atoms with Gasteiger partial charge in [0, 0.05) is 11.6 Å². The third-order valence-corrected chi connectivity index (χ3v) is 3.33. The lowest BCUT2D eigenvalue weighted by Gasteiger charge is -2.13. The smallest absolute Gasteiger partial charge is 0.126 e. The maximum Gasteiger partial charge on any atom is 0.126 e. The van der Waals surface area contributed by atoms with Gasteiger partial charge in [-0.2, -0.15) is 0 Å². The highest BCUT2D eigenvalue weighted by Crippen LogP contribution is 2.37. The van der Waals surface area contributed by atoms with Crippen molar-refractivity contribution in [2.45, 2.75) is 26.7 Å². The summed E-state index contributed by atoms with van der Waals surface area (Å²) < 4.78 is 0. The first-order chi connectivity index (χ1) is 9.06. The number of aromatic hydroxyl groups is 3. The van der Waals surface area contributed by atoms with Crippen LogP contribution < -0.4 is 0 Å². The molecule has 0 fully saturated rings. The van der Waals surface area contributed by atoms with Crippen molar-refractivity contribution in [1.29, 1.82) is 0 Å². The van der Waals surface area contributed by atoms with Crippen LogP contribution in [-0.2, 0) is 12.8 Å². The van der Waals surface area contributed by atoms with E-state index in [0.717, 1.165) is 24.0 Å². The van der Waals surface area contributed by atoms with Crippen LogP contribution >= 0.6 is 0 Å². The van der Waals surface area contributed by atoms with E-state index in [2.05, 4.69) is 0 Å². The largest absolute Gasteiger partial charge is 0.508 e. The molecule has 0 aromatic heterocycles. The topological polar surface area (TPSA) is 60.7 Å². The minimum atomic E-state index is -0.0213. The molecule has 0 aliphatic heterocycles. The van der Waals surface area contributed by atoms with Crippen molar-refractivity contribution in [1.82, 2.24) is 0 Å². The normalized spacial score (nSPS) is 10.6. The zero-order valence-electron chi connectivity index (χ0n) is 11.1. The molecule has 0 saturated heterocycles. The van der Waals surface area contributed by atoms with Crippen LogP contribution in [0.15, 0.2) is 30.3 Å². The summed E-state index contributed by atoms with van der Waals surface area (Å²) in [5.41, 5.74) is 3.27. The van der Waals surface area contributed by atoms with Crippen molar-refractivity contribution >= 4 is 0 Å². The number of phenols is 3. The van der Waals surface area contributed by atoms with Crippen LogP contribution in [0.25, 0.3) is 11.1 Å². The molecular formula is C16H18O3. The molecule has 0 unspecified atom stereocenters. The van der Waals surface area contributed by atoms with Gasteiger partial charge in [-0.05, 0) is 41.7 Å². The van der Waals surface area contributed by atoms with Crippen LogP contribution in [0.1, 0.15) is 25.0 Å². The third kappa shape index (κ3) is 2.50. The van der Waals surface area contributed by atoms with Gasteiger partial charge in [0.2, 0.25) is 0 Å². The number of hydrogen-bond donors (Lipinski definition) is 3. The van der Waals surface area contributed by atoms with Gasteiger partial charge in [-0.3, -0.25) is 0 Å². The van der Waals surface area contributed by atoms with Crippen molar-refractivity contribution < 1.29 is 15.3 Å². The molecule has 3 heteroatoms. The van der Waals surface area contributed by atoms with E-state index in [1.54, 1.807) is 0 Å². The molecule has 0 saturated carbocycles. The van der Waals surface area contributed by atoms with E-state index in [4.69, 9.17) is 0 Å². The second-order valence-corrected chi connectivity index (χ2v) is 4.54. The Kier molecular flexibility index (Phi) is 3.65. The molecule has 0 radical (unpaired) electrons. The molecule has 0 amide bonds. The molecular weight excluding hydrogens is 240 g/mol. The molecule has 0 atom stereocenters. The highest BCUT2D eigenvalue weighted by molar-refractivity contribution is 5.74. The minimum Gasteiger partial charge on any atom is -0.508 e. The van der Waals surface area contributed by atoms with Crippen LogP contribution in [0.4, 0.5) is 0 Å². The standard InChI is InChI=1S/C16H18O3/c1-3-10-5-6-15(16(19)14(10)4-2)11-7-12(17)9-13(18)8-11/h5-9,17-19H,3-4H2,1-2H3. The second-order valence-electron chi connectivity index (χ2n) is 4.54. The van der Waals surface area contributed by atoms with E-state index in [1.807, 2.05) is 26.0 Å². The Balaban J connectivity index is 2.62. The predicted octanol–water partition coefficient (Wildman–Crippen LogP) is 3.60. The Hall–Kier alpha value is -2.16. The molecule has 0 aliphatic carbocycles. The highest BCUT2D eigenvalue weighted by atomic mass is 16.3. The minimum absolute atomic E-state index is 0.0213. The van der Waals surface area contributed by atoms with E-state index in [1.165, 1.54) is 18.2 Å². The molecule has 0 bridgehead atoms. The maximum atomic E-state index is 10.4. The summed E-state index contributed by atoms with van der Waals surface area (Å²) in [6.45, 7) is 4.05. The van der Waals surface area contributed by atoms with Crippen LogP contribution in [0, 0.1) is 0 Å². The molecule has 2 rings (SSSR count). The lowest BCUT2D eigenvalue weighted by molar-refractivity contribution is 0.450. The number of benzene rings is 2. The molecule has 3 N–H and O–H groups in total. The van der Waals surface area contributed by atoms with Gasteiger partial charge in [0.25, 0.3) is 0 Å². The van der Waals surface area contributed by atoms with Crippen molar-refractivity contribution in [3.8, 4) is 28.4 Å². The average Bonchev–Trinajstić information content (AvgIpc) is 2.36. The monoisotopic (exact) mass is 258 g/mol. The van der Waals surface area contributed by atoms with Crippen LogP contribution in [0.3, 0.4) is 0 Å². The number of phenolic OH excluding ortho intramolecular Hbond substituents is 3. The fraction of sp³-hybridized carbons (Fsp3) is 0.250. The Bertz CT molecular complexity index is 583. The van der Waals surface area contributed by atoms with E-state index in [0.29, 0.717) is 11.1 Å². The van der Waals surface area contributed by atoms with Crippen molar-refractivity contribution in [2.75, 3.05) is 0 Å². The average molecular weight is 258 g/mol. The molecule has 3 nitrogen and oxygen atoms in total. The Morgan fingerprint density at radius 1 is 0.842 bits per heavy atom.